The minimum absolute atomic E-state index is 0.117. The smallest absolute Gasteiger partial charge is 0.306 e. The Kier molecular flexibility index (Phi) is 57.5. The number of carbonyl (C=O) groups excluding carboxylic acids is 3. The van der Waals surface area contributed by atoms with Crippen LogP contribution in [0.1, 0.15) is 239 Å². The molecule has 1 unspecified atom stereocenters. The molecule has 0 aromatic carbocycles. The zero-order chi connectivity index (χ0) is 54.3. The summed E-state index contributed by atoms with van der Waals surface area (Å²) in [6.07, 6.45) is 89.4. The van der Waals surface area contributed by atoms with Crippen LogP contribution in [0.15, 0.2) is 158 Å². The number of hydrogen-bond acceptors (Lipinski definition) is 6. The Morgan fingerprint density at radius 3 is 0.853 bits per heavy atom. The molecule has 0 radical (unpaired) electrons. The molecule has 0 aliphatic carbocycles. The highest BCUT2D eigenvalue weighted by Gasteiger charge is 2.19. The normalized spacial score (nSPS) is 13.3. The standard InChI is InChI=1S/C69H108O6/c1-4-7-10-13-16-19-22-25-28-31-33-34-36-38-41-44-47-50-53-56-59-62-68(71)74-65-66(64-73-67(70)61-58-55-52-49-46-43-40-37-30-27-24-21-18-15-12-9-6-3)75-69(72)63-60-57-54-51-48-45-42-39-35-32-29-26-23-20-17-14-11-8-5-2/h7-8,10-11,16-21,25-30,33-35,38-39,41,45,47-48,50,66H,4-6,9,12-15,22-24,31-32,36-37,40,42-44,46,49,51-65H2,1-3H3/b10-7-,11-8-,19-16-,20-17-,21-18-,28-25-,29-26-,30-27-,34-33-,39-35-,41-38-,48-45-,50-47-. The van der Waals surface area contributed by atoms with Crippen LogP contribution in [0.5, 0.6) is 0 Å². The number of hydrogen-bond donors (Lipinski definition) is 0. The molecular formula is C69H108O6. The van der Waals surface area contributed by atoms with Crippen molar-refractivity contribution in [3.63, 3.8) is 0 Å². The van der Waals surface area contributed by atoms with Gasteiger partial charge in [-0.2, -0.15) is 0 Å². The molecule has 75 heavy (non-hydrogen) atoms. The molecule has 420 valence electrons. The monoisotopic (exact) mass is 1030 g/mol. The number of ether oxygens (including phenoxy) is 3. The molecule has 6 heteroatoms. The Morgan fingerprint density at radius 2 is 0.520 bits per heavy atom. The first-order chi connectivity index (χ1) is 37.0. The van der Waals surface area contributed by atoms with Crippen molar-refractivity contribution in [2.24, 2.45) is 0 Å². The summed E-state index contributed by atoms with van der Waals surface area (Å²) in [4.78, 5) is 38.3. The lowest BCUT2D eigenvalue weighted by Crippen LogP contribution is -2.30. The Labute approximate surface area is 460 Å². The van der Waals surface area contributed by atoms with Crippen molar-refractivity contribution in [2.75, 3.05) is 13.2 Å². The Morgan fingerprint density at radius 1 is 0.280 bits per heavy atom. The van der Waals surface area contributed by atoms with Crippen molar-refractivity contribution in [1.82, 2.24) is 0 Å². The van der Waals surface area contributed by atoms with Crippen LogP contribution in [0.4, 0.5) is 0 Å². The summed E-state index contributed by atoms with van der Waals surface area (Å²) in [7, 11) is 0. The molecule has 0 saturated heterocycles. The fraction of sp³-hybridized carbons (Fsp3) is 0.580. The lowest BCUT2D eigenvalue weighted by Gasteiger charge is -2.18. The van der Waals surface area contributed by atoms with Crippen LogP contribution in [0.3, 0.4) is 0 Å². The first-order valence-electron chi connectivity index (χ1n) is 30.0. The summed E-state index contributed by atoms with van der Waals surface area (Å²) in [5.74, 6) is -1.01. The average Bonchev–Trinajstić information content (AvgIpc) is 3.41. The van der Waals surface area contributed by atoms with Crippen LogP contribution in [0.2, 0.25) is 0 Å². The number of esters is 3. The van der Waals surface area contributed by atoms with Gasteiger partial charge in [0.25, 0.3) is 0 Å². The third kappa shape index (κ3) is 59.8. The van der Waals surface area contributed by atoms with Gasteiger partial charge in [-0.25, -0.2) is 0 Å². The maximum Gasteiger partial charge on any atom is 0.306 e. The van der Waals surface area contributed by atoms with E-state index in [1.807, 2.05) is 0 Å². The fourth-order valence-electron chi connectivity index (χ4n) is 7.56. The van der Waals surface area contributed by atoms with Crippen LogP contribution in [-0.2, 0) is 28.6 Å². The van der Waals surface area contributed by atoms with Gasteiger partial charge in [0.15, 0.2) is 6.10 Å². The minimum atomic E-state index is -0.826. The lowest BCUT2D eigenvalue weighted by molar-refractivity contribution is -0.167. The first kappa shape index (κ1) is 70.0. The third-order valence-corrected chi connectivity index (χ3v) is 12.0. The number of rotatable bonds is 52. The van der Waals surface area contributed by atoms with E-state index in [1.165, 1.54) is 51.4 Å². The average molecular weight is 1030 g/mol. The summed E-state index contributed by atoms with van der Waals surface area (Å²) in [5, 5.41) is 0. The molecule has 0 heterocycles. The molecule has 0 aromatic heterocycles. The number of carbonyl (C=O) groups is 3. The second kappa shape index (κ2) is 61.6. The van der Waals surface area contributed by atoms with Gasteiger partial charge in [-0.3, -0.25) is 14.4 Å². The van der Waals surface area contributed by atoms with E-state index in [-0.39, 0.29) is 44.0 Å². The van der Waals surface area contributed by atoms with E-state index in [1.54, 1.807) is 0 Å². The van der Waals surface area contributed by atoms with Crippen molar-refractivity contribution in [3.8, 4) is 0 Å². The molecule has 0 spiro atoms. The topological polar surface area (TPSA) is 78.9 Å². The highest BCUT2D eigenvalue weighted by Crippen LogP contribution is 2.13. The number of allylic oxidation sites excluding steroid dienone is 26. The van der Waals surface area contributed by atoms with Gasteiger partial charge in [0.1, 0.15) is 13.2 Å². The molecule has 0 aliphatic rings. The van der Waals surface area contributed by atoms with Gasteiger partial charge in [0.2, 0.25) is 0 Å². The van der Waals surface area contributed by atoms with Crippen LogP contribution in [-0.4, -0.2) is 37.2 Å². The summed E-state index contributed by atoms with van der Waals surface area (Å²) < 4.78 is 16.8. The molecule has 6 nitrogen and oxygen atoms in total. The highest BCUT2D eigenvalue weighted by atomic mass is 16.6. The lowest BCUT2D eigenvalue weighted by atomic mass is 10.1. The Balaban J connectivity index is 4.58. The van der Waals surface area contributed by atoms with E-state index in [0.29, 0.717) is 19.3 Å². The molecular weight excluding hydrogens is 925 g/mol. The molecule has 1 atom stereocenters. The Hall–Kier alpha value is -4.97. The van der Waals surface area contributed by atoms with E-state index >= 15 is 0 Å². The fourth-order valence-corrected chi connectivity index (χ4v) is 7.56. The predicted molar refractivity (Wildman–Crippen MR) is 325 cm³/mol. The predicted octanol–water partition coefficient (Wildman–Crippen LogP) is 20.5. The summed E-state index contributed by atoms with van der Waals surface area (Å²) in [6.45, 7) is 6.31. The minimum Gasteiger partial charge on any atom is -0.462 e. The molecule has 0 bridgehead atoms. The molecule has 0 aromatic rings. The quantitative estimate of drug-likeness (QED) is 0.0261. The van der Waals surface area contributed by atoms with Crippen LogP contribution >= 0.6 is 0 Å². The van der Waals surface area contributed by atoms with Crippen molar-refractivity contribution in [1.29, 1.82) is 0 Å². The van der Waals surface area contributed by atoms with Gasteiger partial charge in [-0.15, -0.1) is 0 Å². The van der Waals surface area contributed by atoms with Gasteiger partial charge in [0, 0.05) is 19.3 Å². The zero-order valence-corrected chi connectivity index (χ0v) is 48.0. The molecule has 0 fully saturated rings. The zero-order valence-electron chi connectivity index (χ0n) is 48.0. The first-order valence-corrected chi connectivity index (χ1v) is 30.0. The molecule has 0 N–H and O–H groups in total. The largest absolute Gasteiger partial charge is 0.462 e. The van der Waals surface area contributed by atoms with Gasteiger partial charge >= 0.3 is 17.9 Å². The molecule has 0 aliphatic heterocycles. The summed E-state index contributed by atoms with van der Waals surface area (Å²) in [5.41, 5.74) is 0. The van der Waals surface area contributed by atoms with E-state index in [9.17, 15) is 14.4 Å². The van der Waals surface area contributed by atoms with E-state index < -0.39 is 6.10 Å². The second-order valence-electron chi connectivity index (χ2n) is 19.1. The molecule has 0 amide bonds. The summed E-state index contributed by atoms with van der Waals surface area (Å²) >= 11 is 0. The van der Waals surface area contributed by atoms with Crippen LogP contribution < -0.4 is 0 Å². The van der Waals surface area contributed by atoms with Crippen molar-refractivity contribution in [3.05, 3.63) is 158 Å². The SMILES string of the molecule is CC/C=C\C/C=C\C/C=C\C/C=C\C/C=C\C/C=C\CCCCC(=O)OCC(COC(=O)CCCCCCCCC/C=C\C/C=C\CCCCC)OC(=O)CCCCC/C=C\C/C=C\C/C=C\C/C=C\C/C=C\CC. The second-order valence-corrected chi connectivity index (χ2v) is 19.1. The Bertz CT molecular complexity index is 1710. The van der Waals surface area contributed by atoms with E-state index in [0.717, 1.165) is 135 Å². The molecule has 0 saturated carbocycles. The third-order valence-electron chi connectivity index (χ3n) is 12.0. The van der Waals surface area contributed by atoms with E-state index in [4.69, 9.17) is 14.2 Å². The maximum absolute atomic E-state index is 12.9. The van der Waals surface area contributed by atoms with Gasteiger partial charge in [-0.05, 0) is 148 Å². The summed E-state index contributed by atoms with van der Waals surface area (Å²) in [6, 6.07) is 0. The van der Waals surface area contributed by atoms with Crippen LogP contribution in [0.25, 0.3) is 0 Å². The highest BCUT2D eigenvalue weighted by molar-refractivity contribution is 5.71. The van der Waals surface area contributed by atoms with Crippen molar-refractivity contribution < 1.29 is 28.6 Å². The van der Waals surface area contributed by atoms with E-state index in [2.05, 4.69) is 179 Å². The van der Waals surface area contributed by atoms with Crippen molar-refractivity contribution in [2.45, 2.75) is 245 Å². The van der Waals surface area contributed by atoms with Gasteiger partial charge in [0.05, 0.1) is 0 Å². The van der Waals surface area contributed by atoms with Crippen LogP contribution in [0, 0.1) is 0 Å². The van der Waals surface area contributed by atoms with Gasteiger partial charge < -0.3 is 14.2 Å². The molecule has 0 rings (SSSR count). The maximum atomic E-state index is 12.9. The van der Waals surface area contributed by atoms with Gasteiger partial charge in [-0.1, -0.05) is 230 Å². The number of unbranched alkanes of at least 4 members (excludes halogenated alkanes) is 15. The van der Waals surface area contributed by atoms with Crippen molar-refractivity contribution >= 4 is 17.9 Å².